The van der Waals surface area contributed by atoms with Gasteiger partial charge in [0.2, 0.25) is 0 Å². The molecule has 88 valence electrons. The summed E-state index contributed by atoms with van der Waals surface area (Å²) in [4.78, 5) is 0. The van der Waals surface area contributed by atoms with Crippen molar-refractivity contribution in [3.8, 4) is 11.5 Å². The Bertz CT molecular complexity index is 511. The quantitative estimate of drug-likeness (QED) is 0.657. The van der Waals surface area contributed by atoms with Crippen molar-refractivity contribution in [2.24, 2.45) is 0 Å². The average molecular weight is 332 g/mol. The molecule has 0 aromatic heterocycles. The number of alkyl halides is 1. The van der Waals surface area contributed by atoms with E-state index in [4.69, 9.17) is 27.9 Å². The van der Waals surface area contributed by atoms with Crippen LogP contribution in [-0.4, -0.2) is 0 Å². The van der Waals surface area contributed by atoms with Gasteiger partial charge in [-0.15, -0.1) is 0 Å². The summed E-state index contributed by atoms with van der Waals surface area (Å²) in [6.07, 6.45) is 0. The molecule has 0 bridgehead atoms. The fourth-order valence-electron chi connectivity index (χ4n) is 1.36. The molecule has 0 radical (unpaired) electrons. The average Bonchev–Trinajstić information content (AvgIpc) is 2.32. The van der Waals surface area contributed by atoms with Crippen molar-refractivity contribution < 1.29 is 4.74 Å². The molecule has 0 spiro atoms. The largest absolute Gasteiger partial charge is 0.457 e. The lowest BCUT2D eigenvalue weighted by Gasteiger charge is -2.10. The molecule has 2 rings (SSSR count). The van der Waals surface area contributed by atoms with Crippen LogP contribution in [0.3, 0.4) is 0 Å². The van der Waals surface area contributed by atoms with Crippen molar-refractivity contribution in [1.29, 1.82) is 0 Å². The molecule has 0 fully saturated rings. The molecule has 0 atom stereocenters. The Morgan fingerprint density at radius 2 is 1.59 bits per heavy atom. The van der Waals surface area contributed by atoms with Crippen LogP contribution in [0.2, 0.25) is 10.0 Å². The van der Waals surface area contributed by atoms with Gasteiger partial charge in [-0.2, -0.15) is 0 Å². The Morgan fingerprint density at radius 3 is 2.24 bits per heavy atom. The summed E-state index contributed by atoms with van der Waals surface area (Å²) in [5.74, 6) is 1.48. The van der Waals surface area contributed by atoms with Gasteiger partial charge in [0, 0.05) is 20.9 Å². The molecule has 17 heavy (non-hydrogen) atoms. The molecule has 0 N–H and O–H groups in total. The van der Waals surface area contributed by atoms with E-state index in [0.717, 1.165) is 17.1 Å². The first-order chi connectivity index (χ1) is 8.19. The Balaban J connectivity index is 2.28. The highest BCUT2D eigenvalue weighted by molar-refractivity contribution is 9.08. The van der Waals surface area contributed by atoms with Gasteiger partial charge < -0.3 is 4.74 Å². The second-order valence-electron chi connectivity index (χ2n) is 3.44. The van der Waals surface area contributed by atoms with Crippen molar-refractivity contribution >= 4 is 39.1 Å². The highest BCUT2D eigenvalue weighted by Gasteiger charge is 2.05. The minimum atomic E-state index is 0.652. The molecule has 0 saturated carbocycles. The van der Waals surface area contributed by atoms with Gasteiger partial charge >= 0.3 is 0 Å². The second-order valence-corrected chi connectivity index (χ2v) is 4.88. The van der Waals surface area contributed by atoms with E-state index in [1.165, 1.54) is 0 Å². The van der Waals surface area contributed by atoms with Crippen LogP contribution < -0.4 is 4.74 Å². The molecule has 0 aliphatic heterocycles. The maximum Gasteiger partial charge on any atom is 0.132 e. The van der Waals surface area contributed by atoms with Crippen LogP contribution in [-0.2, 0) is 5.33 Å². The number of ether oxygens (including phenoxy) is 1. The van der Waals surface area contributed by atoms with E-state index < -0.39 is 0 Å². The van der Waals surface area contributed by atoms with Crippen LogP contribution in [0.4, 0.5) is 0 Å². The van der Waals surface area contributed by atoms with Gasteiger partial charge in [-0.25, -0.2) is 0 Å². The SMILES string of the molecule is Clc1ccc(Oc2cc(Cl)ccc2CBr)cc1. The maximum atomic E-state index is 5.95. The van der Waals surface area contributed by atoms with Crippen LogP contribution in [0.5, 0.6) is 11.5 Å². The van der Waals surface area contributed by atoms with Gasteiger partial charge in [-0.05, 0) is 36.4 Å². The first-order valence-corrected chi connectivity index (χ1v) is 6.84. The van der Waals surface area contributed by atoms with E-state index in [1.54, 1.807) is 18.2 Å². The van der Waals surface area contributed by atoms with Crippen LogP contribution in [0, 0.1) is 0 Å². The molecule has 2 aromatic carbocycles. The zero-order chi connectivity index (χ0) is 12.3. The van der Waals surface area contributed by atoms with Gasteiger partial charge in [0.1, 0.15) is 11.5 Å². The van der Waals surface area contributed by atoms with Crippen molar-refractivity contribution in [3.63, 3.8) is 0 Å². The molecule has 0 aliphatic carbocycles. The van der Waals surface area contributed by atoms with Crippen LogP contribution in [0.25, 0.3) is 0 Å². The van der Waals surface area contributed by atoms with Crippen molar-refractivity contribution in [1.82, 2.24) is 0 Å². The van der Waals surface area contributed by atoms with E-state index in [1.807, 2.05) is 24.3 Å². The molecule has 1 nitrogen and oxygen atoms in total. The molecule has 0 saturated heterocycles. The Hall–Kier alpha value is -0.700. The zero-order valence-corrected chi connectivity index (χ0v) is 11.9. The predicted molar refractivity (Wildman–Crippen MR) is 75.6 cm³/mol. The Kier molecular flexibility index (Phi) is 4.32. The maximum absolute atomic E-state index is 5.95. The number of benzene rings is 2. The molecular formula is C13H9BrCl2O. The molecule has 0 amide bonds. The number of hydrogen-bond donors (Lipinski definition) is 0. The fraction of sp³-hybridized carbons (Fsp3) is 0.0769. The fourth-order valence-corrected chi connectivity index (χ4v) is 2.11. The van der Waals surface area contributed by atoms with E-state index in [2.05, 4.69) is 15.9 Å². The van der Waals surface area contributed by atoms with E-state index in [9.17, 15) is 0 Å². The summed E-state index contributed by atoms with van der Waals surface area (Å²) >= 11 is 15.2. The van der Waals surface area contributed by atoms with Crippen molar-refractivity contribution in [2.75, 3.05) is 0 Å². The van der Waals surface area contributed by atoms with E-state index >= 15 is 0 Å². The smallest absolute Gasteiger partial charge is 0.132 e. The molecule has 0 unspecified atom stereocenters. The van der Waals surface area contributed by atoms with E-state index in [-0.39, 0.29) is 0 Å². The standard InChI is InChI=1S/C13H9BrCl2O/c14-8-9-1-2-11(16)7-13(9)17-12-5-3-10(15)4-6-12/h1-7H,8H2. The lowest BCUT2D eigenvalue weighted by molar-refractivity contribution is 0.478. The number of rotatable bonds is 3. The minimum Gasteiger partial charge on any atom is -0.457 e. The van der Waals surface area contributed by atoms with E-state index in [0.29, 0.717) is 15.4 Å². The lowest BCUT2D eigenvalue weighted by Crippen LogP contribution is -1.89. The summed E-state index contributed by atoms with van der Waals surface area (Å²) < 4.78 is 5.76. The summed E-state index contributed by atoms with van der Waals surface area (Å²) in [7, 11) is 0. The van der Waals surface area contributed by atoms with Crippen molar-refractivity contribution in [2.45, 2.75) is 5.33 Å². The summed E-state index contributed by atoms with van der Waals surface area (Å²) in [5, 5.41) is 2.05. The molecule has 4 heteroatoms. The third-order valence-corrected chi connectivity index (χ3v) is 3.31. The topological polar surface area (TPSA) is 9.23 Å². The van der Waals surface area contributed by atoms with Crippen molar-refractivity contribution in [3.05, 3.63) is 58.1 Å². The van der Waals surface area contributed by atoms with Gasteiger partial charge in [0.05, 0.1) is 0 Å². The molecule has 0 aliphatic rings. The van der Waals surface area contributed by atoms with Crippen LogP contribution >= 0.6 is 39.1 Å². The first-order valence-electron chi connectivity index (χ1n) is 4.97. The third-order valence-electron chi connectivity index (χ3n) is 2.21. The number of halogens is 3. The van der Waals surface area contributed by atoms with Gasteiger partial charge in [-0.3, -0.25) is 0 Å². The second kappa shape index (κ2) is 5.76. The van der Waals surface area contributed by atoms with Gasteiger partial charge in [-0.1, -0.05) is 45.2 Å². The summed E-state index contributed by atoms with van der Waals surface area (Å²) in [6, 6.07) is 12.8. The summed E-state index contributed by atoms with van der Waals surface area (Å²) in [6.45, 7) is 0. The van der Waals surface area contributed by atoms with Crippen LogP contribution in [0.15, 0.2) is 42.5 Å². The zero-order valence-electron chi connectivity index (χ0n) is 8.79. The normalized spacial score (nSPS) is 10.3. The highest BCUT2D eigenvalue weighted by atomic mass is 79.9. The monoisotopic (exact) mass is 330 g/mol. The first kappa shape index (κ1) is 12.7. The Morgan fingerprint density at radius 1 is 0.941 bits per heavy atom. The highest BCUT2D eigenvalue weighted by Crippen LogP contribution is 2.30. The number of hydrogen-bond acceptors (Lipinski definition) is 1. The molecule has 0 heterocycles. The summed E-state index contributed by atoms with van der Waals surface area (Å²) in [5.41, 5.74) is 1.05. The molecule has 2 aromatic rings. The Labute approximate surface area is 118 Å². The van der Waals surface area contributed by atoms with Gasteiger partial charge in [0.25, 0.3) is 0 Å². The van der Waals surface area contributed by atoms with Gasteiger partial charge in [0.15, 0.2) is 0 Å². The lowest BCUT2D eigenvalue weighted by atomic mass is 10.2. The predicted octanol–water partition coefficient (Wildman–Crippen LogP) is 5.68. The minimum absolute atomic E-state index is 0.652. The third kappa shape index (κ3) is 3.38. The molecular weight excluding hydrogens is 323 g/mol. The van der Waals surface area contributed by atoms with Crippen LogP contribution in [0.1, 0.15) is 5.56 Å².